The lowest BCUT2D eigenvalue weighted by Gasteiger charge is -2.29. The molecule has 0 heterocycles. The molecule has 1 saturated carbocycles. The van der Waals surface area contributed by atoms with Gasteiger partial charge < -0.3 is 15.4 Å². The highest BCUT2D eigenvalue weighted by Gasteiger charge is 2.29. The van der Waals surface area contributed by atoms with E-state index in [-0.39, 0.29) is 17.7 Å². The van der Waals surface area contributed by atoms with Gasteiger partial charge in [0.2, 0.25) is 11.8 Å². The van der Waals surface area contributed by atoms with Crippen LogP contribution in [-0.4, -0.2) is 50.1 Å². The summed E-state index contributed by atoms with van der Waals surface area (Å²) in [6.45, 7) is 3.47. The first-order valence-corrected chi connectivity index (χ1v) is 13.1. The largest absolute Gasteiger partial charge is 0.385 e. The molecule has 0 unspecified atom stereocenters. The molecule has 6 heteroatoms. The number of thioether (sulfide) groups is 1. The van der Waals surface area contributed by atoms with Gasteiger partial charge in [-0.1, -0.05) is 45.4 Å². The number of amides is 2. The van der Waals surface area contributed by atoms with E-state index in [1.54, 1.807) is 18.9 Å². The van der Waals surface area contributed by atoms with Crippen LogP contribution in [0.15, 0.2) is 0 Å². The van der Waals surface area contributed by atoms with Crippen LogP contribution < -0.4 is 10.6 Å². The molecule has 0 bridgehead atoms. The van der Waals surface area contributed by atoms with Crippen LogP contribution in [0.3, 0.4) is 0 Å². The van der Waals surface area contributed by atoms with Gasteiger partial charge >= 0.3 is 0 Å². The van der Waals surface area contributed by atoms with E-state index >= 15 is 0 Å². The molecule has 29 heavy (non-hydrogen) atoms. The predicted octanol–water partition coefficient (Wildman–Crippen LogP) is 4.54. The number of carbonyl (C=O) groups excluding carboxylic acids is 2. The van der Waals surface area contributed by atoms with Crippen molar-refractivity contribution < 1.29 is 14.3 Å². The molecule has 2 amide bonds. The maximum absolute atomic E-state index is 12.8. The fraction of sp³-hybridized carbons (Fsp3) is 0.913. The Balaban J connectivity index is 2.35. The Bertz CT molecular complexity index is 440. The van der Waals surface area contributed by atoms with E-state index < -0.39 is 6.04 Å². The number of hydrogen-bond acceptors (Lipinski definition) is 4. The third-order valence-corrected chi connectivity index (χ3v) is 6.65. The summed E-state index contributed by atoms with van der Waals surface area (Å²) in [7, 11) is 1.66. The number of rotatable bonds is 16. The van der Waals surface area contributed by atoms with Crippen LogP contribution in [0.1, 0.15) is 84.0 Å². The summed E-state index contributed by atoms with van der Waals surface area (Å²) in [6, 6.07) is -0.422. The van der Waals surface area contributed by atoms with Crippen LogP contribution in [0.4, 0.5) is 0 Å². The SMILES string of the molecule is CCCCCCCC1CCC(C(=O)N[C@@H](CCSC)C(=O)NCCCOC)CC1. The van der Waals surface area contributed by atoms with Crippen molar-refractivity contribution in [1.29, 1.82) is 0 Å². The lowest BCUT2D eigenvalue weighted by atomic mass is 9.79. The van der Waals surface area contributed by atoms with Crippen molar-refractivity contribution in [2.24, 2.45) is 11.8 Å². The molecule has 0 spiro atoms. The second-order valence-electron chi connectivity index (χ2n) is 8.40. The van der Waals surface area contributed by atoms with Gasteiger partial charge in [-0.3, -0.25) is 9.59 Å². The topological polar surface area (TPSA) is 67.4 Å². The molecule has 0 saturated heterocycles. The van der Waals surface area contributed by atoms with Crippen LogP contribution in [0.5, 0.6) is 0 Å². The monoisotopic (exact) mass is 428 g/mol. The first-order valence-electron chi connectivity index (χ1n) is 11.7. The zero-order chi connectivity index (χ0) is 21.3. The molecular formula is C23H44N2O3S. The van der Waals surface area contributed by atoms with Crippen molar-refractivity contribution in [2.75, 3.05) is 32.3 Å². The maximum Gasteiger partial charge on any atom is 0.242 e. The lowest BCUT2D eigenvalue weighted by molar-refractivity contribution is -0.132. The van der Waals surface area contributed by atoms with E-state index in [1.807, 2.05) is 6.26 Å². The summed E-state index contributed by atoms with van der Waals surface area (Å²) in [5, 5.41) is 5.98. The second-order valence-corrected chi connectivity index (χ2v) is 9.39. The van der Waals surface area contributed by atoms with Gasteiger partial charge in [-0.2, -0.15) is 11.8 Å². The summed E-state index contributed by atoms with van der Waals surface area (Å²) < 4.78 is 5.02. The average molecular weight is 429 g/mol. The highest BCUT2D eigenvalue weighted by atomic mass is 32.2. The Morgan fingerprint density at radius 1 is 1.07 bits per heavy atom. The molecule has 1 fully saturated rings. The number of unbranched alkanes of at least 4 members (excludes halogenated alkanes) is 4. The maximum atomic E-state index is 12.8. The fourth-order valence-electron chi connectivity index (χ4n) is 4.10. The van der Waals surface area contributed by atoms with Crippen molar-refractivity contribution in [3.63, 3.8) is 0 Å². The molecule has 0 aromatic carbocycles. The molecule has 0 aromatic heterocycles. The van der Waals surface area contributed by atoms with Gasteiger partial charge in [-0.05, 0) is 56.5 Å². The molecule has 0 aliphatic heterocycles. The van der Waals surface area contributed by atoms with Crippen LogP contribution in [0, 0.1) is 11.8 Å². The van der Waals surface area contributed by atoms with Gasteiger partial charge in [-0.15, -0.1) is 0 Å². The minimum atomic E-state index is -0.422. The summed E-state index contributed by atoms with van der Waals surface area (Å²) in [6.07, 6.45) is 15.8. The Morgan fingerprint density at radius 3 is 2.45 bits per heavy atom. The third kappa shape index (κ3) is 11.9. The zero-order valence-electron chi connectivity index (χ0n) is 19.0. The molecule has 1 rings (SSSR count). The highest BCUT2D eigenvalue weighted by molar-refractivity contribution is 7.98. The number of hydrogen-bond donors (Lipinski definition) is 2. The van der Waals surface area contributed by atoms with Crippen molar-refractivity contribution in [1.82, 2.24) is 10.6 Å². The quantitative estimate of drug-likeness (QED) is 0.354. The van der Waals surface area contributed by atoms with Gasteiger partial charge in [0.25, 0.3) is 0 Å². The van der Waals surface area contributed by atoms with Gasteiger partial charge in [0.1, 0.15) is 6.04 Å². The Labute approximate surface area is 182 Å². The van der Waals surface area contributed by atoms with E-state index in [9.17, 15) is 9.59 Å². The van der Waals surface area contributed by atoms with Gasteiger partial charge in [0.15, 0.2) is 0 Å². The minimum absolute atomic E-state index is 0.0655. The van der Waals surface area contributed by atoms with Crippen molar-refractivity contribution in [2.45, 2.75) is 90.0 Å². The predicted molar refractivity (Wildman–Crippen MR) is 123 cm³/mol. The summed E-state index contributed by atoms with van der Waals surface area (Å²) in [5.41, 5.74) is 0. The van der Waals surface area contributed by atoms with E-state index in [2.05, 4.69) is 17.6 Å². The number of carbonyl (C=O) groups is 2. The van der Waals surface area contributed by atoms with Crippen LogP contribution in [0.25, 0.3) is 0 Å². The van der Waals surface area contributed by atoms with Gasteiger partial charge in [-0.25, -0.2) is 0 Å². The number of ether oxygens (including phenoxy) is 1. The molecule has 0 aromatic rings. The van der Waals surface area contributed by atoms with E-state index in [1.165, 1.54) is 38.5 Å². The summed E-state index contributed by atoms with van der Waals surface area (Å²) in [4.78, 5) is 25.3. The van der Waals surface area contributed by atoms with E-state index in [4.69, 9.17) is 4.74 Å². The number of methoxy groups -OCH3 is 1. The van der Waals surface area contributed by atoms with Crippen LogP contribution in [0.2, 0.25) is 0 Å². The lowest BCUT2D eigenvalue weighted by Crippen LogP contribution is -2.49. The molecular weight excluding hydrogens is 384 g/mol. The van der Waals surface area contributed by atoms with Crippen LogP contribution in [-0.2, 0) is 14.3 Å². The summed E-state index contributed by atoms with van der Waals surface area (Å²) in [5.74, 6) is 1.73. The van der Waals surface area contributed by atoms with Gasteiger partial charge in [0.05, 0.1) is 0 Å². The highest BCUT2D eigenvalue weighted by Crippen LogP contribution is 2.32. The van der Waals surface area contributed by atoms with Crippen molar-refractivity contribution >= 4 is 23.6 Å². The first kappa shape index (κ1) is 26.3. The normalized spacial score (nSPS) is 20.2. The third-order valence-electron chi connectivity index (χ3n) is 6.00. The molecule has 1 aliphatic rings. The zero-order valence-corrected chi connectivity index (χ0v) is 19.8. The molecule has 5 nitrogen and oxygen atoms in total. The molecule has 0 radical (unpaired) electrons. The Hall–Kier alpha value is -0.750. The van der Waals surface area contributed by atoms with Gasteiger partial charge in [0, 0.05) is 26.2 Å². The van der Waals surface area contributed by atoms with Crippen LogP contribution >= 0.6 is 11.8 Å². The van der Waals surface area contributed by atoms with E-state index in [0.717, 1.165) is 43.8 Å². The molecule has 1 atom stereocenters. The molecule has 170 valence electrons. The molecule has 2 N–H and O–H groups in total. The van der Waals surface area contributed by atoms with Crippen molar-refractivity contribution in [3.05, 3.63) is 0 Å². The first-order chi connectivity index (χ1) is 14.1. The second kappa shape index (κ2) is 17.0. The Kier molecular flexibility index (Phi) is 15.4. The molecule has 1 aliphatic carbocycles. The summed E-state index contributed by atoms with van der Waals surface area (Å²) >= 11 is 1.70. The minimum Gasteiger partial charge on any atom is -0.385 e. The fourth-order valence-corrected chi connectivity index (χ4v) is 4.57. The average Bonchev–Trinajstić information content (AvgIpc) is 2.74. The van der Waals surface area contributed by atoms with Crippen molar-refractivity contribution in [3.8, 4) is 0 Å². The Morgan fingerprint density at radius 2 is 1.79 bits per heavy atom. The smallest absolute Gasteiger partial charge is 0.242 e. The standard InChI is InChI=1S/C23H44N2O3S/c1-4-5-6-7-8-10-19-11-13-20(14-12-19)22(26)25-21(15-18-29-3)23(27)24-16-9-17-28-2/h19-21H,4-18H2,1-3H3,(H,24,27)(H,25,26)/t19?,20?,21-/m0/s1. The van der Waals surface area contributed by atoms with E-state index in [0.29, 0.717) is 19.6 Å². The number of nitrogens with one attached hydrogen (secondary N) is 2.